The van der Waals surface area contributed by atoms with Crippen LogP contribution in [0.4, 0.5) is 5.69 Å². The zero-order valence-corrected chi connectivity index (χ0v) is 21.1. The summed E-state index contributed by atoms with van der Waals surface area (Å²) >= 11 is 0. The minimum Gasteiger partial charge on any atom is -0.497 e. The standard InChI is InChI=1S/C30H33N3O4/c1-37-26-16-14-25(15-17-26)31-20-21-32-29(36)30(18-6-3-7-19-30)33-28(35)24-12-10-23(11-13-24)27(34)22-8-4-2-5-9-22/h2,4-5,8-17,31H,3,6-7,18-21H2,1H3,(H,32,36)(H,33,35). The Balaban J connectivity index is 1.35. The van der Waals surface area contributed by atoms with Gasteiger partial charge in [-0.1, -0.05) is 61.7 Å². The summed E-state index contributed by atoms with van der Waals surface area (Å²) in [7, 11) is 1.62. The number of nitrogens with one attached hydrogen (secondary N) is 3. The molecular formula is C30H33N3O4. The molecule has 0 bridgehead atoms. The third-order valence-electron chi connectivity index (χ3n) is 6.77. The smallest absolute Gasteiger partial charge is 0.252 e. The van der Waals surface area contributed by atoms with Gasteiger partial charge in [0.25, 0.3) is 5.91 Å². The second-order valence-corrected chi connectivity index (χ2v) is 9.28. The number of anilines is 1. The lowest BCUT2D eigenvalue weighted by molar-refractivity contribution is -0.128. The molecule has 7 nitrogen and oxygen atoms in total. The quantitative estimate of drug-likeness (QED) is 0.280. The lowest BCUT2D eigenvalue weighted by atomic mass is 9.80. The second kappa shape index (κ2) is 12.2. The van der Waals surface area contributed by atoms with Crippen LogP contribution in [0.3, 0.4) is 0 Å². The first-order chi connectivity index (χ1) is 18.0. The van der Waals surface area contributed by atoms with E-state index in [1.54, 1.807) is 43.5 Å². The van der Waals surface area contributed by atoms with Crippen molar-refractivity contribution < 1.29 is 19.1 Å². The number of rotatable bonds is 10. The molecule has 3 N–H and O–H groups in total. The highest BCUT2D eigenvalue weighted by atomic mass is 16.5. The van der Waals surface area contributed by atoms with Gasteiger partial charge >= 0.3 is 0 Å². The number of amides is 2. The Kier molecular flexibility index (Phi) is 8.56. The molecule has 0 aromatic heterocycles. The van der Waals surface area contributed by atoms with Crippen LogP contribution in [0.2, 0.25) is 0 Å². The molecule has 7 heteroatoms. The van der Waals surface area contributed by atoms with E-state index in [0.717, 1.165) is 30.7 Å². The molecule has 1 fully saturated rings. The van der Waals surface area contributed by atoms with Crippen molar-refractivity contribution in [2.24, 2.45) is 0 Å². The molecule has 0 heterocycles. The summed E-state index contributed by atoms with van der Waals surface area (Å²) in [5, 5.41) is 9.30. The first-order valence-corrected chi connectivity index (χ1v) is 12.7. The van der Waals surface area contributed by atoms with Gasteiger partial charge in [-0.05, 0) is 49.2 Å². The van der Waals surface area contributed by atoms with Crippen LogP contribution in [0.1, 0.15) is 58.4 Å². The van der Waals surface area contributed by atoms with Crippen LogP contribution in [0.25, 0.3) is 0 Å². The van der Waals surface area contributed by atoms with Gasteiger partial charge in [-0.3, -0.25) is 14.4 Å². The zero-order valence-electron chi connectivity index (χ0n) is 21.1. The largest absolute Gasteiger partial charge is 0.497 e. The zero-order chi connectivity index (χ0) is 26.1. The summed E-state index contributed by atoms with van der Waals surface area (Å²) in [5.74, 6) is 0.213. The van der Waals surface area contributed by atoms with Gasteiger partial charge in [0.05, 0.1) is 7.11 Å². The molecule has 1 saturated carbocycles. The van der Waals surface area contributed by atoms with E-state index in [9.17, 15) is 14.4 Å². The Hall–Kier alpha value is -4.13. The van der Waals surface area contributed by atoms with Crippen LogP contribution in [0.15, 0.2) is 78.9 Å². The molecule has 1 aliphatic rings. The normalized spacial score (nSPS) is 14.3. The molecule has 1 aliphatic carbocycles. The van der Waals surface area contributed by atoms with Gasteiger partial charge in [-0.25, -0.2) is 0 Å². The Morgan fingerprint density at radius 3 is 2.03 bits per heavy atom. The van der Waals surface area contributed by atoms with Crippen molar-refractivity contribution in [2.75, 3.05) is 25.5 Å². The number of hydrogen-bond donors (Lipinski definition) is 3. The monoisotopic (exact) mass is 499 g/mol. The van der Waals surface area contributed by atoms with E-state index in [1.807, 2.05) is 42.5 Å². The van der Waals surface area contributed by atoms with Crippen molar-refractivity contribution in [1.29, 1.82) is 0 Å². The maximum absolute atomic E-state index is 13.3. The molecule has 0 atom stereocenters. The lowest BCUT2D eigenvalue weighted by Gasteiger charge is -2.36. The SMILES string of the molecule is COc1ccc(NCCNC(=O)C2(NC(=O)c3ccc(C(=O)c4ccccc4)cc3)CCCCC2)cc1. The number of ether oxygens (including phenoxy) is 1. The van der Waals surface area contributed by atoms with Crippen molar-refractivity contribution in [3.05, 3.63) is 95.6 Å². The molecule has 3 aromatic carbocycles. The van der Waals surface area contributed by atoms with E-state index < -0.39 is 5.54 Å². The first kappa shape index (κ1) is 25.9. The molecule has 0 radical (unpaired) electrons. The van der Waals surface area contributed by atoms with E-state index in [4.69, 9.17) is 4.74 Å². The van der Waals surface area contributed by atoms with E-state index in [2.05, 4.69) is 16.0 Å². The number of methoxy groups -OCH3 is 1. The third kappa shape index (κ3) is 6.55. The second-order valence-electron chi connectivity index (χ2n) is 9.28. The van der Waals surface area contributed by atoms with Gasteiger partial charge in [0.2, 0.25) is 5.91 Å². The Morgan fingerprint density at radius 2 is 1.38 bits per heavy atom. The van der Waals surface area contributed by atoms with Crippen LogP contribution in [0, 0.1) is 0 Å². The molecule has 37 heavy (non-hydrogen) atoms. The van der Waals surface area contributed by atoms with Gasteiger partial charge in [0.1, 0.15) is 11.3 Å². The van der Waals surface area contributed by atoms with Crippen LogP contribution in [-0.4, -0.2) is 43.3 Å². The number of benzene rings is 3. The van der Waals surface area contributed by atoms with Crippen molar-refractivity contribution in [2.45, 2.75) is 37.6 Å². The van der Waals surface area contributed by atoms with Crippen molar-refractivity contribution >= 4 is 23.3 Å². The molecule has 3 aromatic rings. The Bertz CT molecular complexity index is 1200. The molecule has 4 rings (SSSR count). The van der Waals surface area contributed by atoms with Gasteiger partial charge in [-0.15, -0.1) is 0 Å². The van der Waals surface area contributed by atoms with Crippen LogP contribution < -0.4 is 20.7 Å². The first-order valence-electron chi connectivity index (χ1n) is 12.7. The number of carbonyl (C=O) groups excluding carboxylic acids is 3. The van der Waals surface area contributed by atoms with E-state index in [-0.39, 0.29) is 17.6 Å². The van der Waals surface area contributed by atoms with Crippen LogP contribution in [-0.2, 0) is 4.79 Å². The van der Waals surface area contributed by atoms with E-state index in [0.29, 0.717) is 42.6 Å². The van der Waals surface area contributed by atoms with Gasteiger partial charge < -0.3 is 20.7 Å². The van der Waals surface area contributed by atoms with E-state index >= 15 is 0 Å². The van der Waals surface area contributed by atoms with Crippen molar-refractivity contribution in [1.82, 2.24) is 10.6 Å². The van der Waals surface area contributed by atoms with Gasteiger partial charge in [0, 0.05) is 35.5 Å². The molecule has 0 unspecified atom stereocenters. The summed E-state index contributed by atoms with van der Waals surface area (Å²) in [6.07, 6.45) is 3.99. The lowest BCUT2D eigenvalue weighted by Crippen LogP contribution is -2.60. The Morgan fingerprint density at radius 1 is 0.757 bits per heavy atom. The predicted octanol–water partition coefficient (Wildman–Crippen LogP) is 4.59. The average Bonchev–Trinajstić information content (AvgIpc) is 2.96. The van der Waals surface area contributed by atoms with Crippen molar-refractivity contribution in [3.63, 3.8) is 0 Å². The predicted molar refractivity (Wildman–Crippen MR) is 144 cm³/mol. The fourth-order valence-corrected chi connectivity index (χ4v) is 4.64. The van der Waals surface area contributed by atoms with Crippen LogP contribution in [0.5, 0.6) is 5.75 Å². The molecule has 0 saturated heterocycles. The molecule has 0 spiro atoms. The molecule has 192 valence electrons. The summed E-state index contributed by atoms with van der Waals surface area (Å²) in [5.41, 5.74) is 1.53. The maximum Gasteiger partial charge on any atom is 0.252 e. The van der Waals surface area contributed by atoms with Gasteiger partial charge in [0.15, 0.2) is 5.78 Å². The fraction of sp³-hybridized carbons (Fsp3) is 0.300. The average molecular weight is 500 g/mol. The Labute approximate surface area is 217 Å². The molecular weight excluding hydrogens is 466 g/mol. The van der Waals surface area contributed by atoms with E-state index in [1.165, 1.54) is 0 Å². The summed E-state index contributed by atoms with van der Waals surface area (Å²) in [4.78, 5) is 39.1. The minimum absolute atomic E-state index is 0.0982. The summed E-state index contributed by atoms with van der Waals surface area (Å²) in [6.45, 7) is 0.984. The number of carbonyl (C=O) groups is 3. The number of ketones is 1. The van der Waals surface area contributed by atoms with Crippen molar-refractivity contribution in [3.8, 4) is 5.75 Å². The highest BCUT2D eigenvalue weighted by molar-refractivity contribution is 6.09. The fourth-order valence-electron chi connectivity index (χ4n) is 4.64. The number of hydrogen-bond acceptors (Lipinski definition) is 5. The van der Waals surface area contributed by atoms with Gasteiger partial charge in [-0.2, -0.15) is 0 Å². The summed E-state index contributed by atoms with van der Waals surface area (Å²) < 4.78 is 5.17. The van der Waals surface area contributed by atoms with Crippen LogP contribution >= 0.6 is 0 Å². The topological polar surface area (TPSA) is 96.5 Å². The highest BCUT2D eigenvalue weighted by Gasteiger charge is 2.40. The third-order valence-corrected chi connectivity index (χ3v) is 6.77. The molecule has 2 amide bonds. The summed E-state index contributed by atoms with van der Waals surface area (Å²) in [6, 6.07) is 23.2. The highest BCUT2D eigenvalue weighted by Crippen LogP contribution is 2.29. The maximum atomic E-state index is 13.3. The molecule has 0 aliphatic heterocycles. The minimum atomic E-state index is -0.937.